The highest BCUT2D eigenvalue weighted by Gasteiger charge is 2.24. The lowest BCUT2D eigenvalue weighted by atomic mass is 10.2. The van der Waals surface area contributed by atoms with E-state index >= 15 is 0 Å². The van der Waals surface area contributed by atoms with Crippen LogP contribution in [0.4, 0.5) is 5.69 Å². The van der Waals surface area contributed by atoms with Crippen LogP contribution in [-0.4, -0.2) is 38.7 Å². The Hall–Kier alpha value is -2.93. The first kappa shape index (κ1) is 19.4. The topological polar surface area (TPSA) is 71.2 Å². The number of para-hydroxylation sites is 1. The van der Waals surface area contributed by atoms with Crippen molar-refractivity contribution in [2.24, 2.45) is 0 Å². The minimum absolute atomic E-state index is 0.00577. The molecule has 0 bridgehead atoms. The van der Waals surface area contributed by atoms with E-state index in [0.717, 1.165) is 16.6 Å². The van der Waals surface area contributed by atoms with E-state index in [-0.39, 0.29) is 29.0 Å². The maximum absolute atomic E-state index is 13.1. The van der Waals surface area contributed by atoms with Gasteiger partial charge < -0.3 is 14.6 Å². The first-order valence-corrected chi connectivity index (χ1v) is 9.61. The molecule has 0 aliphatic rings. The number of hydrogen-bond acceptors (Lipinski definition) is 4. The van der Waals surface area contributed by atoms with Crippen LogP contribution in [0.15, 0.2) is 67.1 Å². The standard InChI is InChI=1S/C21H16Cl2N4O2/c22-19-18(20(23)25-13-24-19)21(29)27(10-11-28)16-6-7-17-14(12-16)8-9-26(17)15-4-2-1-3-5-15/h1-9,12-13,28H,10-11H2. The van der Waals surface area contributed by atoms with Gasteiger partial charge in [0.2, 0.25) is 0 Å². The van der Waals surface area contributed by atoms with Gasteiger partial charge in [-0.25, -0.2) is 9.97 Å². The number of carbonyl (C=O) groups excluding carboxylic acids is 1. The Morgan fingerprint density at radius 1 is 1.03 bits per heavy atom. The zero-order valence-corrected chi connectivity index (χ0v) is 16.7. The lowest BCUT2D eigenvalue weighted by Crippen LogP contribution is -2.34. The van der Waals surface area contributed by atoms with Crippen LogP contribution in [0, 0.1) is 0 Å². The van der Waals surface area contributed by atoms with Gasteiger partial charge in [0, 0.05) is 29.5 Å². The molecule has 2 aromatic carbocycles. The van der Waals surface area contributed by atoms with Crippen molar-refractivity contribution in [1.82, 2.24) is 14.5 Å². The Kier molecular flexibility index (Phi) is 5.49. The molecule has 29 heavy (non-hydrogen) atoms. The lowest BCUT2D eigenvalue weighted by molar-refractivity contribution is 0.0980. The fourth-order valence-electron chi connectivity index (χ4n) is 3.22. The van der Waals surface area contributed by atoms with Gasteiger partial charge in [-0.1, -0.05) is 41.4 Å². The molecule has 0 atom stereocenters. The third-order valence-electron chi connectivity index (χ3n) is 4.56. The molecule has 0 spiro atoms. The van der Waals surface area contributed by atoms with E-state index in [1.807, 2.05) is 60.8 Å². The monoisotopic (exact) mass is 426 g/mol. The van der Waals surface area contributed by atoms with Crippen molar-refractivity contribution in [2.45, 2.75) is 0 Å². The third-order valence-corrected chi connectivity index (χ3v) is 5.13. The van der Waals surface area contributed by atoms with Gasteiger partial charge in [-0.3, -0.25) is 4.79 Å². The molecule has 146 valence electrons. The highest BCUT2D eigenvalue weighted by Crippen LogP contribution is 2.29. The molecule has 8 heteroatoms. The number of fused-ring (bicyclic) bond motifs is 1. The SMILES string of the molecule is O=C(c1c(Cl)ncnc1Cl)N(CCO)c1ccc2c(ccn2-c2ccccc2)c1. The van der Waals surface area contributed by atoms with E-state index in [0.29, 0.717) is 5.69 Å². The van der Waals surface area contributed by atoms with Crippen LogP contribution in [0.1, 0.15) is 10.4 Å². The number of amides is 1. The van der Waals surface area contributed by atoms with Gasteiger partial charge in [0.05, 0.1) is 12.1 Å². The molecule has 4 rings (SSSR count). The van der Waals surface area contributed by atoms with Crippen molar-refractivity contribution in [3.8, 4) is 5.69 Å². The molecule has 0 unspecified atom stereocenters. The van der Waals surface area contributed by atoms with E-state index in [2.05, 4.69) is 14.5 Å². The number of halogens is 2. The van der Waals surface area contributed by atoms with Crippen molar-refractivity contribution in [1.29, 1.82) is 0 Å². The number of aromatic nitrogens is 3. The summed E-state index contributed by atoms with van der Waals surface area (Å²) in [5.41, 5.74) is 2.65. The number of hydrogen-bond donors (Lipinski definition) is 1. The first-order chi connectivity index (χ1) is 14.1. The molecule has 0 aliphatic heterocycles. The van der Waals surface area contributed by atoms with Crippen LogP contribution in [0.2, 0.25) is 10.3 Å². The summed E-state index contributed by atoms with van der Waals surface area (Å²) in [6.07, 6.45) is 3.16. The summed E-state index contributed by atoms with van der Waals surface area (Å²) < 4.78 is 2.07. The summed E-state index contributed by atoms with van der Waals surface area (Å²) in [6, 6.07) is 17.6. The highest BCUT2D eigenvalue weighted by atomic mass is 35.5. The number of rotatable bonds is 5. The normalized spacial score (nSPS) is 11.0. The van der Waals surface area contributed by atoms with Crippen molar-refractivity contribution in [2.75, 3.05) is 18.1 Å². The summed E-state index contributed by atoms with van der Waals surface area (Å²) in [5.74, 6) is -0.475. The van der Waals surface area contributed by atoms with Gasteiger partial charge in [-0.2, -0.15) is 0 Å². The Balaban J connectivity index is 1.76. The van der Waals surface area contributed by atoms with Crippen LogP contribution in [0.5, 0.6) is 0 Å². The maximum Gasteiger partial charge on any atom is 0.264 e. The molecule has 6 nitrogen and oxygen atoms in total. The Bertz CT molecular complexity index is 1160. The zero-order valence-electron chi connectivity index (χ0n) is 15.2. The van der Waals surface area contributed by atoms with Gasteiger partial charge in [-0.05, 0) is 36.4 Å². The summed E-state index contributed by atoms with van der Waals surface area (Å²) in [5, 5.41) is 10.4. The largest absolute Gasteiger partial charge is 0.395 e. The van der Waals surface area contributed by atoms with Gasteiger partial charge >= 0.3 is 0 Å². The predicted octanol–water partition coefficient (Wildman–Crippen LogP) is 4.37. The van der Waals surface area contributed by atoms with E-state index in [4.69, 9.17) is 23.2 Å². The summed E-state index contributed by atoms with van der Waals surface area (Å²) >= 11 is 12.1. The molecule has 0 radical (unpaired) electrons. The summed E-state index contributed by atoms with van der Waals surface area (Å²) in [7, 11) is 0. The van der Waals surface area contributed by atoms with Crippen molar-refractivity contribution in [3.63, 3.8) is 0 Å². The summed E-state index contributed by atoms with van der Waals surface area (Å²) in [6.45, 7) is -0.150. The molecule has 2 aromatic heterocycles. The predicted molar refractivity (Wildman–Crippen MR) is 114 cm³/mol. The highest BCUT2D eigenvalue weighted by molar-refractivity contribution is 6.39. The lowest BCUT2D eigenvalue weighted by Gasteiger charge is -2.22. The van der Waals surface area contributed by atoms with Crippen LogP contribution >= 0.6 is 23.2 Å². The molecule has 2 heterocycles. The van der Waals surface area contributed by atoms with Crippen molar-refractivity contribution >= 4 is 45.7 Å². The van der Waals surface area contributed by atoms with Crippen LogP contribution in [0.25, 0.3) is 16.6 Å². The minimum Gasteiger partial charge on any atom is -0.395 e. The molecule has 1 N–H and O–H groups in total. The maximum atomic E-state index is 13.1. The quantitative estimate of drug-likeness (QED) is 0.481. The smallest absolute Gasteiger partial charge is 0.264 e. The summed E-state index contributed by atoms with van der Waals surface area (Å²) in [4.78, 5) is 22.2. The number of nitrogens with zero attached hydrogens (tertiary/aromatic N) is 4. The molecule has 4 aromatic rings. The van der Waals surface area contributed by atoms with Gasteiger partial charge in [-0.15, -0.1) is 0 Å². The molecular weight excluding hydrogens is 411 g/mol. The molecule has 0 saturated heterocycles. The van der Waals surface area contributed by atoms with E-state index in [1.165, 1.54) is 11.2 Å². The second-order valence-corrected chi connectivity index (χ2v) is 6.99. The van der Waals surface area contributed by atoms with Crippen LogP contribution < -0.4 is 4.90 Å². The molecular formula is C21H16Cl2N4O2. The molecule has 0 aliphatic carbocycles. The average Bonchev–Trinajstić information content (AvgIpc) is 3.15. The number of benzene rings is 2. The van der Waals surface area contributed by atoms with Crippen LogP contribution in [-0.2, 0) is 0 Å². The van der Waals surface area contributed by atoms with Crippen LogP contribution in [0.3, 0.4) is 0 Å². The fraction of sp³-hybridized carbons (Fsp3) is 0.0952. The number of aliphatic hydroxyl groups excluding tert-OH is 1. The average molecular weight is 427 g/mol. The molecule has 0 saturated carbocycles. The number of carbonyl (C=O) groups is 1. The van der Waals surface area contributed by atoms with Crippen molar-refractivity contribution < 1.29 is 9.90 Å². The zero-order chi connectivity index (χ0) is 20.4. The van der Waals surface area contributed by atoms with E-state index in [1.54, 1.807) is 0 Å². The Morgan fingerprint density at radius 3 is 2.45 bits per heavy atom. The molecule has 0 fully saturated rings. The number of anilines is 1. The van der Waals surface area contributed by atoms with E-state index < -0.39 is 5.91 Å². The molecule has 1 amide bonds. The second kappa shape index (κ2) is 8.21. The Morgan fingerprint density at radius 2 is 1.76 bits per heavy atom. The first-order valence-electron chi connectivity index (χ1n) is 8.85. The second-order valence-electron chi connectivity index (χ2n) is 6.28. The van der Waals surface area contributed by atoms with Gasteiger partial charge in [0.1, 0.15) is 22.2 Å². The van der Waals surface area contributed by atoms with E-state index in [9.17, 15) is 9.90 Å². The Labute approximate surface area is 177 Å². The van der Waals surface area contributed by atoms with Gasteiger partial charge in [0.15, 0.2) is 0 Å². The van der Waals surface area contributed by atoms with Crippen molar-refractivity contribution in [3.05, 3.63) is 83.0 Å². The third kappa shape index (κ3) is 3.70. The minimum atomic E-state index is -0.475. The van der Waals surface area contributed by atoms with Gasteiger partial charge in [0.25, 0.3) is 5.91 Å². The fourth-order valence-corrected chi connectivity index (χ4v) is 3.69. The number of aliphatic hydroxyl groups is 1.